The molecule has 0 unspecified atom stereocenters. The van der Waals surface area contributed by atoms with Gasteiger partial charge in [-0.2, -0.15) is 0 Å². The van der Waals surface area contributed by atoms with Crippen LogP contribution in [0, 0.1) is 0 Å². The molecule has 1 fully saturated rings. The highest BCUT2D eigenvalue weighted by Gasteiger charge is 2.31. The molecular weight excluding hydrogens is 336 g/mol. The molecule has 1 atom stereocenters. The molecule has 26 heavy (non-hydrogen) atoms. The van der Waals surface area contributed by atoms with E-state index >= 15 is 0 Å². The zero-order chi connectivity index (χ0) is 19.1. The molecule has 2 rings (SSSR count). The lowest BCUT2D eigenvalue weighted by Gasteiger charge is -2.33. The highest BCUT2D eigenvalue weighted by atomic mass is 16.5. The van der Waals surface area contributed by atoms with Crippen molar-refractivity contribution in [3.63, 3.8) is 0 Å². The van der Waals surface area contributed by atoms with E-state index < -0.39 is 30.4 Å². The maximum atomic E-state index is 12.3. The fourth-order valence-electron chi connectivity index (χ4n) is 2.82. The number of amides is 2. The molecule has 1 aromatic carbocycles. The van der Waals surface area contributed by atoms with Crippen LogP contribution in [0.1, 0.15) is 49.0 Å². The van der Waals surface area contributed by atoms with Crippen LogP contribution in [0.2, 0.25) is 0 Å². The topological polar surface area (TPSA) is 98.9 Å². The average Bonchev–Trinajstić information content (AvgIpc) is 2.64. The molecule has 0 aromatic heterocycles. The molecule has 0 bridgehead atoms. The minimum atomic E-state index is -0.616. The van der Waals surface area contributed by atoms with Gasteiger partial charge in [0.2, 0.25) is 5.91 Å². The van der Waals surface area contributed by atoms with Crippen molar-refractivity contribution in [3.8, 4) is 0 Å². The van der Waals surface area contributed by atoms with Crippen molar-refractivity contribution in [3.05, 3.63) is 35.4 Å². The van der Waals surface area contributed by atoms with Crippen molar-refractivity contribution in [2.45, 2.75) is 51.9 Å². The van der Waals surface area contributed by atoms with Gasteiger partial charge in [0.15, 0.2) is 6.61 Å². The highest BCUT2D eigenvalue weighted by molar-refractivity contribution is 5.92. The molecule has 1 saturated heterocycles. The van der Waals surface area contributed by atoms with Crippen LogP contribution in [0.5, 0.6) is 0 Å². The van der Waals surface area contributed by atoms with Gasteiger partial charge in [0, 0.05) is 6.54 Å². The van der Waals surface area contributed by atoms with Crippen LogP contribution in [0.4, 0.5) is 0 Å². The van der Waals surface area contributed by atoms with Crippen molar-refractivity contribution < 1.29 is 23.9 Å². The standard InChI is InChI=1S/C19H26N2O5/c1-13(2)25-11-14-6-8-15(9-7-14)19(24)26-12-17(22)21-10-4-3-5-16(21)18(20)23/h6-9,13,16H,3-5,10-12H2,1-2H3,(H2,20,23)/t16-/m0/s1. The Morgan fingerprint density at radius 1 is 1.19 bits per heavy atom. The van der Waals surface area contributed by atoms with E-state index in [4.69, 9.17) is 15.2 Å². The first-order valence-corrected chi connectivity index (χ1v) is 8.85. The number of primary amides is 1. The Kier molecular flexibility index (Phi) is 7.15. The fraction of sp³-hybridized carbons (Fsp3) is 0.526. The fourth-order valence-corrected chi connectivity index (χ4v) is 2.82. The summed E-state index contributed by atoms with van der Waals surface area (Å²) in [4.78, 5) is 37.3. The van der Waals surface area contributed by atoms with Crippen LogP contribution in [0.3, 0.4) is 0 Å². The van der Waals surface area contributed by atoms with Crippen molar-refractivity contribution in [2.75, 3.05) is 13.2 Å². The Morgan fingerprint density at radius 2 is 1.88 bits per heavy atom. The van der Waals surface area contributed by atoms with Gasteiger partial charge >= 0.3 is 5.97 Å². The van der Waals surface area contributed by atoms with Gasteiger partial charge in [-0.15, -0.1) is 0 Å². The molecule has 1 heterocycles. The second-order valence-corrected chi connectivity index (χ2v) is 6.63. The second kappa shape index (κ2) is 9.33. The van der Waals surface area contributed by atoms with Gasteiger partial charge in [0.1, 0.15) is 6.04 Å². The molecule has 2 amide bonds. The molecule has 0 radical (unpaired) electrons. The summed E-state index contributed by atoms with van der Waals surface area (Å²) in [5.74, 6) is -1.50. The minimum Gasteiger partial charge on any atom is -0.452 e. The van der Waals surface area contributed by atoms with Gasteiger partial charge < -0.3 is 20.1 Å². The van der Waals surface area contributed by atoms with Gasteiger partial charge in [0.25, 0.3) is 5.91 Å². The lowest BCUT2D eigenvalue weighted by molar-refractivity contribution is -0.143. The molecule has 1 aliphatic rings. The number of hydrogen-bond acceptors (Lipinski definition) is 5. The first-order valence-electron chi connectivity index (χ1n) is 8.85. The van der Waals surface area contributed by atoms with Gasteiger partial charge in [-0.1, -0.05) is 12.1 Å². The summed E-state index contributed by atoms with van der Waals surface area (Å²) in [5.41, 5.74) is 6.65. The maximum Gasteiger partial charge on any atom is 0.338 e. The summed E-state index contributed by atoms with van der Waals surface area (Å²) in [5, 5.41) is 0. The summed E-state index contributed by atoms with van der Waals surface area (Å²) in [6.07, 6.45) is 2.34. The number of likely N-dealkylation sites (tertiary alicyclic amines) is 1. The third kappa shape index (κ3) is 5.56. The predicted molar refractivity (Wildman–Crippen MR) is 95.2 cm³/mol. The Bertz CT molecular complexity index is 642. The number of rotatable bonds is 7. The second-order valence-electron chi connectivity index (χ2n) is 6.63. The van der Waals surface area contributed by atoms with Crippen LogP contribution in [0.15, 0.2) is 24.3 Å². The van der Waals surface area contributed by atoms with E-state index in [1.165, 1.54) is 4.90 Å². The van der Waals surface area contributed by atoms with E-state index in [-0.39, 0.29) is 6.10 Å². The summed E-state index contributed by atoms with van der Waals surface area (Å²) in [6.45, 7) is 4.42. The predicted octanol–water partition coefficient (Wildman–Crippen LogP) is 1.63. The summed E-state index contributed by atoms with van der Waals surface area (Å²) in [7, 11) is 0. The average molecular weight is 362 g/mol. The van der Waals surface area contributed by atoms with E-state index in [0.29, 0.717) is 25.1 Å². The summed E-state index contributed by atoms with van der Waals surface area (Å²) >= 11 is 0. The van der Waals surface area contributed by atoms with E-state index in [9.17, 15) is 14.4 Å². The number of hydrogen-bond donors (Lipinski definition) is 1. The van der Waals surface area contributed by atoms with Gasteiger partial charge in [-0.3, -0.25) is 9.59 Å². The van der Waals surface area contributed by atoms with Crippen molar-refractivity contribution in [2.24, 2.45) is 5.73 Å². The van der Waals surface area contributed by atoms with E-state index in [0.717, 1.165) is 18.4 Å². The van der Waals surface area contributed by atoms with Crippen LogP contribution in [0.25, 0.3) is 0 Å². The van der Waals surface area contributed by atoms with E-state index in [2.05, 4.69) is 0 Å². The van der Waals surface area contributed by atoms with Crippen LogP contribution >= 0.6 is 0 Å². The van der Waals surface area contributed by atoms with Crippen molar-refractivity contribution >= 4 is 17.8 Å². The Morgan fingerprint density at radius 3 is 2.50 bits per heavy atom. The number of ether oxygens (including phenoxy) is 2. The quantitative estimate of drug-likeness (QED) is 0.743. The molecule has 1 aromatic rings. The molecular formula is C19H26N2O5. The molecule has 1 aliphatic heterocycles. The molecule has 0 aliphatic carbocycles. The molecule has 2 N–H and O–H groups in total. The summed E-state index contributed by atoms with van der Waals surface area (Å²) < 4.78 is 10.6. The van der Waals surface area contributed by atoms with E-state index in [1.54, 1.807) is 24.3 Å². The Hall–Kier alpha value is -2.41. The van der Waals surface area contributed by atoms with Crippen molar-refractivity contribution in [1.82, 2.24) is 4.90 Å². The third-order valence-electron chi connectivity index (χ3n) is 4.25. The lowest BCUT2D eigenvalue weighted by atomic mass is 10.0. The van der Waals surface area contributed by atoms with Crippen LogP contribution in [-0.4, -0.2) is 48.0 Å². The number of esters is 1. The highest BCUT2D eigenvalue weighted by Crippen LogP contribution is 2.17. The molecule has 7 heteroatoms. The Labute approximate surface area is 153 Å². The number of piperidine rings is 1. The first-order chi connectivity index (χ1) is 12.4. The Balaban J connectivity index is 1.87. The first kappa shape index (κ1) is 19.9. The zero-order valence-electron chi connectivity index (χ0n) is 15.3. The molecule has 142 valence electrons. The number of carbonyl (C=O) groups excluding carboxylic acids is 3. The zero-order valence-corrected chi connectivity index (χ0v) is 15.3. The van der Waals surface area contributed by atoms with Gasteiger partial charge in [-0.25, -0.2) is 4.79 Å². The third-order valence-corrected chi connectivity index (χ3v) is 4.25. The number of nitrogens with zero attached hydrogens (tertiary/aromatic N) is 1. The minimum absolute atomic E-state index is 0.129. The normalized spacial score (nSPS) is 17.2. The molecule has 0 saturated carbocycles. The van der Waals surface area contributed by atoms with Gasteiger partial charge in [0.05, 0.1) is 18.3 Å². The van der Waals surface area contributed by atoms with Crippen LogP contribution < -0.4 is 5.73 Å². The van der Waals surface area contributed by atoms with Crippen LogP contribution in [-0.2, 0) is 25.7 Å². The SMILES string of the molecule is CC(C)OCc1ccc(C(=O)OCC(=O)N2CCCC[C@H]2C(N)=O)cc1. The molecule has 7 nitrogen and oxygen atoms in total. The number of benzene rings is 1. The van der Waals surface area contributed by atoms with Gasteiger partial charge in [-0.05, 0) is 50.8 Å². The maximum absolute atomic E-state index is 12.3. The van der Waals surface area contributed by atoms with Crippen molar-refractivity contribution in [1.29, 1.82) is 0 Å². The lowest BCUT2D eigenvalue weighted by Crippen LogP contribution is -2.51. The monoisotopic (exact) mass is 362 g/mol. The molecule has 0 spiro atoms. The summed E-state index contributed by atoms with van der Waals surface area (Å²) in [6, 6.07) is 6.23. The van der Waals surface area contributed by atoms with E-state index in [1.807, 2.05) is 13.8 Å². The largest absolute Gasteiger partial charge is 0.452 e. The smallest absolute Gasteiger partial charge is 0.338 e. The number of nitrogens with two attached hydrogens (primary N) is 1. The number of carbonyl (C=O) groups is 3.